The van der Waals surface area contributed by atoms with E-state index in [-0.39, 0.29) is 16.8 Å². The van der Waals surface area contributed by atoms with Gasteiger partial charge in [0.1, 0.15) is 0 Å². The van der Waals surface area contributed by atoms with Gasteiger partial charge in [-0.25, -0.2) is 0 Å². The topological polar surface area (TPSA) is 72.8 Å². The van der Waals surface area contributed by atoms with Gasteiger partial charge in [-0.1, -0.05) is 24.3 Å². The molecule has 2 aromatic carbocycles. The molecule has 0 saturated heterocycles. The van der Waals surface area contributed by atoms with Gasteiger partial charge >= 0.3 is 0 Å². The van der Waals surface area contributed by atoms with E-state index in [1.165, 1.54) is 12.1 Å². The molecule has 0 radical (unpaired) electrons. The van der Waals surface area contributed by atoms with Gasteiger partial charge in [0.2, 0.25) is 0 Å². The largest absolute Gasteiger partial charge is 0.322 e. The maximum atomic E-state index is 12.1. The molecule has 0 spiro atoms. The van der Waals surface area contributed by atoms with E-state index in [1.54, 1.807) is 25.1 Å². The Morgan fingerprint density at radius 1 is 1.11 bits per heavy atom. The Morgan fingerprint density at radius 2 is 1.79 bits per heavy atom. The molecule has 19 heavy (non-hydrogen) atoms. The number of nitrogens with zero attached hydrogens (tertiary/aromatic N) is 1. The number of hydrogen-bond donors (Lipinski definition) is 3. The molecular formula is C14H14N2O3. The van der Waals surface area contributed by atoms with Crippen molar-refractivity contribution in [3.05, 3.63) is 59.7 Å². The quantitative estimate of drug-likeness (QED) is 0.740. The number of para-hydroxylation sites is 1. The lowest BCUT2D eigenvalue weighted by Gasteiger charge is -2.12. The summed E-state index contributed by atoms with van der Waals surface area (Å²) in [7, 11) is 0. The standard InChI is InChI=1S/C14H14N2O3/c1-10-7-8-12(16(18)19)9-13(10)14(17)15-11-5-3-2-4-6-11/h2-9,18-19H,1H3,(H,15,17). The van der Waals surface area contributed by atoms with Crippen LogP contribution in [0, 0.1) is 6.92 Å². The van der Waals surface area contributed by atoms with Crippen LogP contribution < -0.4 is 10.5 Å². The second kappa shape index (κ2) is 5.51. The van der Waals surface area contributed by atoms with Crippen LogP contribution in [0.3, 0.4) is 0 Å². The van der Waals surface area contributed by atoms with Crippen molar-refractivity contribution in [1.82, 2.24) is 0 Å². The number of amides is 1. The van der Waals surface area contributed by atoms with E-state index < -0.39 is 0 Å². The van der Waals surface area contributed by atoms with E-state index >= 15 is 0 Å². The molecule has 0 fully saturated rings. The van der Waals surface area contributed by atoms with Crippen molar-refractivity contribution in [1.29, 1.82) is 0 Å². The van der Waals surface area contributed by atoms with Crippen LogP contribution in [0.15, 0.2) is 48.5 Å². The summed E-state index contributed by atoms with van der Waals surface area (Å²) in [6.45, 7) is 1.78. The van der Waals surface area contributed by atoms with Crippen LogP contribution in [0.2, 0.25) is 0 Å². The molecule has 0 saturated carbocycles. The van der Waals surface area contributed by atoms with Gasteiger partial charge in [0.15, 0.2) is 0 Å². The average molecular weight is 258 g/mol. The second-order valence-corrected chi connectivity index (χ2v) is 4.11. The van der Waals surface area contributed by atoms with Crippen molar-refractivity contribution >= 4 is 17.3 Å². The van der Waals surface area contributed by atoms with Crippen LogP contribution in [0.1, 0.15) is 15.9 Å². The maximum Gasteiger partial charge on any atom is 0.256 e. The summed E-state index contributed by atoms with van der Waals surface area (Å²) >= 11 is 0. The Labute approximate surface area is 110 Å². The van der Waals surface area contributed by atoms with Gasteiger partial charge in [0, 0.05) is 11.3 Å². The predicted molar refractivity (Wildman–Crippen MR) is 71.6 cm³/mol. The highest BCUT2D eigenvalue weighted by molar-refractivity contribution is 6.05. The predicted octanol–water partition coefficient (Wildman–Crippen LogP) is 2.83. The van der Waals surface area contributed by atoms with Gasteiger partial charge in [-0.3, -0.25) is 15.2 Å². The number of carbonyl (C=O) groups excluding carboxylic acids is 1. The Balaban J connectivity index is 2.26. The molecule has 1 amide bonds. The first-order valence-corrected chi connectivity index (χ1v) is 5.73. The van der Waals surface area contributed by atoms with Crippen LogP contribution in [-0.4, -0.2) is 16.3 Å². The number of carbonyl (C=O) groups is 1. The zero-order valence-electron chi connectivity index (χ0n) is 10.4. The summed E-state index contributed by atoms with van der Waals surface area (Å²) in [5.41, 5.74) is 1.94. The molecule has 0 atom stereocenters. The van der Waals surface area contributed by atoms with Crippen molar-refractivity contribution in [3.63, 3.8) is 0 Å². The number of benzene rings is 2. The summed E-state index contributed by atoms with van der Waals surface area (Å²) in [6, 6.07) is 13.6. The van der Waals surface area contributed by atoms with Crippen LogP contribution in [0.5, 0.6) is 0 Å². The van der Waals surface area contributed by atoms with Gasteiger partial charge < -0.3 is 5.32 Å². The summed E-state index contributed by atoms with van der Waals surface area (Å²) in [4.78, 5) is 12.1. The molecule has 2 aromatic rings. The number of aryl methyl sites for hydroxylation is 1. The van der Waals surface area contributed by atoms with Crippen molar-refractivity contribution in [2.24, 2.45) is 0 Å². The van der Waals surface area contributed by atoms with Gasteiger partial charge in [0.25, 0.3) is 5.91 Å². The number of rotatable bonds is 3. The number of anilines is 2. The molecule has 2 rings (SSSR count). The molecule has 0 aromatic heterocycles. The zero-order valence-corrected chi connectivity index (χ0v) is 10.4. The van der Waals surface area contributed by atoms with Crippen molar-refractivity contribution < 1.29 is 15.2 Å². The van der Waals surface area contributed by atoms with Crippen molar-refractivity contribution in [2.75, 3.05) is 10.5 Å². The highest BCUT2D eigenvalue weighted by Gasteiger charge is 2.11. The van der Waals surface area contributed by atoms with Gasteiger partial charge in [-0.2, -0.15) is 0 Å². The Bertz CT molecular complexity index is 582. The Morgan fingerprint density at radius 3 is 2.42 bits per heavy atom. The van der Waals surface area contributed by atoms with E-state index in [0.29, 0.717) is 11.3 Å². The maximum absolute atomic E-state index is 12.1. The lowest BCUT2D eigenvalue weighted by molar-refractivity contribution is 0.0291. The van der Waals surface area contributed by atoms with Crippen LogP contribution in [0.25, 0.3) is 0 Å². The minimum atomic E-state index is -0.299. The third kappa shape index (κ3) is 3.09. The average Bonchev–Trinajstić information content (AvgIpc) is 2.40. The molecule has 3 N–H and O–H groups in total. The smallest absolute Gasteiger partial charge is 0.256 e. The third-order valence-electron chi connectivity index (χ3n) is 2.73. The molecule has 0 aliphatic rings. The van der Waals surface area contributed by atoms with Gasteiger partial charge in [-0.05, 0) is 36.8 Å². The first kappa shape index (κ1) is 13.1. The molecule has 5 heteroatoms. The van der Waals surface area contributed by atoms with Crippen molar-refractivity contribution in [2.45, 2.75) is 6.92 Å². The normalized spacial score (nSPS) is 10.1. The minimum Gasteiger partial charge on any atom is -0.322 e. The monoisotopic (exact) mass is 258 g/mol. The molecule has 0 unspecified atom stereocenters. The zero-order chi connectivity index (χ0) is 13.8. The lowest BCUT2D eigenvalue weighted by atomic mass is 10.1. The fraction of sp³-hybridized carbons (Fsp3) is 0.0714. The van der Waals surface area contributed by atoms with Crippen LogP contribution in [-0.2, 0) is 0 Å². The molecule has 0 aliphatic heterocycles. The van der Waals surface area contributed by atoms with E-state index in [1.807, 2.05) is 18.2 Å². The Hall–Kier alpha value is -2.37. The first-order valence-electron chi connectivity index (χ1n) is 5.73. The van der Waals surface area contributed by atoms with E-state index in [9.17, 15) is 4.79 Å². The summed E-state index contributed by atoms with van der Waals surface area (Å²) < 4.78 is 0. The summed E-state index contributed by atoms with van der Waals surface area (Å²) in [5.74, 6) is -0.299. The Kier molecular flexibility index (Phi) is 3.79. The van der Waals surface area contributed by atoms with Crippen molar-refractivity contribution in [3.8, 4) is 0 Å². The number of hydrogen-bond acceptors (Lipinski definition) is 4. The van der Waals surface area contributed by atoms with E-state index in [2.05, 4.69) is 5.32 Å². The fourth-order valence-electron chi connectivity index (χ4n) is 1.70. The minimum absolute atomic E-state index is 0.0151. The molecule has 98 valence electrons. The highest BCUT2D eigenvalue weighted by Crippen LogP contribution is 2.18. The van der Waals surface area contributed by atoms with Gasteiger partial charge in [0.05, 0.1) is 5.69 Å². The molecular weight excluding hydrogens is 244 g/mol. The molecule has 0 aliphatic carbocycles. The summed E-state index contributed by atoms with van der Waals surface area (Å²) in [6.07, 6.45) is 0. The van der Waals surface area contributed by atoms with E-state index in [4.69, 9.17) is 10.4 Å². The SMILES string of the molecule is Cc1ccc(N(O)O)cc1C(=O)Nc1ccccc1. The fourth-order valence-corrected chi connectivity index (χ4v) is 1.70. The van der Waals surface area contributed by atoms with Crippen LogP contribution in [0.4, 0.5) is 11.4 Å². The first-order chi connectivity index (χ1) is 9.08. The van der Waals surface area contributed by atoms with Crippen LogP contribution >= 0.6 is 0 Å². The van der Waals surface area contributed by atoms with Gasteiger partial charge in [-0.15, -0.1) is 5.23 Å². The molecule has 0 heterocycles. The third-order valence-corrected chi connectivity index (χ3v) is 2.73. The lowest BCUT2D eigenvalue weighted by Crippen LogP contribution is -2.16. The number of nitrogens with one attached hydrogen (secondary N) is 1. The summed E-state index contributed by atoms with van der Waals surface area (Å²) in [5, 5.41) is 20.7. The second-order valence-electron chi connectivity index (χ2n) is 4.11. The van der Waals surface area contributed by atoms with E-state index in [0.717, 1.165) is 5.56 Å². The highest BCUT2D eigenvalue weighted by atomic mass is 16.8. The molecule has 0 bridgehead atoms. The molecule has 5 nitrogen and oxygen atoms in total.